The van der Waals surface area contributed by atoms with E-state index < -0.39 is 0 Å². The highest BCUT2D eigenvalue weighted by Crippen LogP contribution is 2.20. The quantitative estimate of drug-likeness (QED) is 0.707. The Kier molecular flexibility index (Phi) is 4.14. The van der Waals surface area contributed by atoms with E-state index in [4.69, 9.17) is 9.47 Å². The summed E-state index contributed by atoms with van der Waals surface area (Å²) in [6.07, 6.45) is 4.36. The van der Waals surface area contributed by atoms with Gasteiger partial charge in [-0.1, -0.05) is 36.4 Å². The maximum Gasteiger partial charge on any atom is 0.0838 e. The van der Waals surface area contributed by atoms with E-state index in [1.165, 1.54) is 5.56 Å². The van der Waals surface area contributed by atoms with Gasteiger partial charge in [-0.05, 0) is 12.0 Å². The number of hydrogen-bond acceptors (Lipinski definition) is 2. The van der Waals surface area contributed by atoms with Crippen LogP contribution in [0.3, 0.4) is 0 Å². The molecule has 2 nitrogen and oxygen atoms in total. The fraction of sp³-hybridized carbons (Fsp3) is 0.429. The molecule has 1 aliphatic heterocycles. The topological polar surface area (TPSA) is 18.5 Å². The lowest BCUT2D eigenvalue weighted by atomic mass is 10.1. The first-order valence-corrected chi connectivity index (χ1v) is 5.76. The molecule has 2 rings (SSSR count). The van der Waals surface area contributed by atoms with Gasteiger partial charge in [0.05, 0.1) is 25.4 Å². The number of benzene rings is 1. The first kappa shape index (κ1) is 11.4. The molecule has 2 atom stereocenters. The summed E-state index contributed by atoms with van der Waals surface area (Å²) in [5.41, 5.74) is 1.22. The van der Waals surface area contributed by atoms with Gasteiger partial charge in [-0.3, -0.25) is 0 Å². The van der Waals surface area contributed by atoms with Gasteiger partial charge in [0.15, 0.2) is 0 Å². The van der Waals surface area contributed by atoms with Crippen molar-refractivity contribution in [2.75, 3.05) is 6.61 Å². The van der Waals surface area contributed by atoms with Gasteiger partial charge in [-0.25, -0.2) is 0 Å². The Morgan fingerprint density at radius 3 is 2.94 bits per heavy atom. The molecular formula is C14H18O2. The van der Waals surface area contributed by atoms with Crippen LogP contribution in [0.15, 0.2) is 43.0 Å². The van der Waals surface area contributed by atoms with Crippen molar-refractivity contribution in [2.24, 2.45) is 0 Å². The Bertz CT molecular complexity index is 321. The van der Waals surface area contributed by atoms with E-state index in [2.05, 4.69) is 18.7 Å². The highest BCUT2D eigenvalue weighted by atomic mass is 16.5. The SMILES string of the molecule is C=CC[C@H]1C[C@H](OCc2ccccc2)CO1. The minimum Gasteiger partial charge on any atom is -0.375 e. The molecule has 86 valence electrons. The van der Waals surface area contributed by atoms with Crippen LogP contribution in [0, 0.1) is 0 Å². The molecule has 16 heavy (non-hydrogen) atoms. The molecule has 2 heteroatoms. The van der Waals surface area contributed by atoms with Crippen LogP contribution in [-0.2, 0) is 16.1 Å². The van der Waals surface area contributed by atoms with E-state index in [1.807, 2.05) is 24.3 Å². The first-order valence-electron chi connectivity index (χ1n) is 5.76. The zero-order chi connectivity index (χ0) is 11.2. The highest BCUT2D eigenvalue weighted by Gasteiger charge is 2.24. The Labute approximate surface area is 96.9 Å². The lowest BCUT2D eigenvalue weighted by Gasteiger charge is -2.09. The van der Waals surface area contributed by atoms with Crippen LogP contribution in [0.2, 0.25) is 0 Å². The van der Waals surface area contributed by atoms with Crippen molar-refractivity contribution in [2.45, 2.75) is 31.7 Å². The van der Waals surface area contributed by atoms with Crippen LogP contribution in [0.1, 0.15) is 18.4 Å². The molecule has 0 radical (unpaired) electrons. The van der Waals surface area contributed by atoms with E-state index in [9.17, 15) is 0 Å². The Balaban J connectivity index is 1.73. The van der Waals surface area contributed by atoms with Crippen molar-refractivity contribution in [3.8, 4) is 0 Å². The van der Waals surface area contributed by atoms with E-state index in [0.29, 0.717) is 19.3 Å². The van der Waals surface area contributed by atoms with E-state index >= 15 is 0 Å². The van der Waals surface area contributed by atoms with Gasteiger partial charge in [0.1, 0.15) is 0 Å². The number of ether oxygens (including phenoxy) is 2. The minimum atomic E-state index is 0.241. The third kappa shape index (κ3) is 3.19. The van der Waals surface area contributed by atoms with Crippen LogP contribution < -0.4 is 0 Å². The van der Waals surface area contributed by atoms with Gasteiger partial charge >= 0.3 is 0 Å². The second-order valence-electron chi connectivity index (χ2n) is 4.13. The van der Waals surface area contributed by atoms with Crippen LogP contribution >= 0.6 is 0 Å². The summed E-state index contributed by atoms with van der Waals surface area (Å²) < 4.78 is 11.4. The molecular weight excluding hydrogens is 200 g/mol. The largest absolute Gasteiger partial charge is 0.375 e. The van der Waals surface area contributed by atoms with Crippen molar-refractivity contribution in [1.29, 1.82) is 0 Å². The molecule has 0 spiro atoms. The molecule has 0 aliphatic carbocycles. The smallest absolute Gasteiger partial charge is 0.0838 e. The Morgan fingerprint density at radius 2 is 2.19 bits per heavy atom. The summed E-state index contributed by atoms with van der Waals surface area (Å²) >= 11 is 0. The number of hydrogen-bond donors (Lipinski definition) is 0. The molecule has 1 aromatic carbocycles. The van der Waals surface area contributed by atoms with Crippen molar-refractivity contribution >= 4 is 0 Å². The van der Waals surface area contributed by atoms with Crippen LogP contribution in [0.25, 0.3) is 0 Å². The predicted octanol–water partition coefficient (Wildman–Crippen LogP) is 2.94. The fourth-order valence-electron chi connectivity index (χ4n) is 1.93. The molecule has 0 amide bonds. The summed E-state index contributed by atoms with van der Waals surface area (Å²) in [6.45, 7) is 5.11. The van der Waals surface area contributed by atoms with Crippen LogP contribution in [-0.4, -0.2) is 18.8 Å². The fourth-order valence-corrected chi connectivity index (χ4v) is 1.93. The van der Waals surface area contributed by atoms with Gasteiger partial charge in [0.25, 0.3) is 0 Å². The molecule has 0 bridgehead atoms. The predicted molar refractivity (Wildman–Crippen MR) is 64.2 cm³/mol. The Hall–Kier alpha value is -1.12. The summed E-state index contributed by atoms with van der Waals surface area (Å²) in [5, 5.41) is 0. The van der Waals surface area contributed by atoms with Gasteiger partial charge in [-0.15, -0.1) is 6.58 Å². The monoisotopic (exact) mass is 218 g/mol. The van der Waals surface area contributed by atoms with Crippen LogP contribution in [0.5, 0.6) is 0 Å². The van der Waals surface area contributed by atoms with E-state index in [-0.39, 0.29) is 6.10 Å². The molecule has 1 aliphatic rings. The Morgan fingerprint density at radius 1 is 1.38 bits per heavy atom. The third-order valence-corrected chi connectivity index (χ3v) is 2.80. The number of rotatable bonds is 5. The molecule has 1 fully saturated rings. The molecule has 1 heterocycles. The standard InChI is InChI=1S/C14H18O2/c1-2-6-13-9-14(11-16-13)15-10-12-7-4-3-5-8-12/h2-5,7-8,13-14H,1,6,9-11H2/t13-,14-/m0/s1. The van der Waals surface area contributed by atoms with Crippen molar-refractivity contribution in [3.05, 3.63) is 48.6 Å². The molecule has 1 saturated heterocycles. The second-order valence-corrected chi connectivity index (χ2v) is 4.13. The second kappa shape index (κ2) is 5.83. The summed E-state index contributed by atoms with van der Waals surface area (Å²) in [5.74, 6) is 0. The van der Waals surface area contributed by atoms with Crippen LogP contribution in [0.4, 0.5) is 0 Å². The summed E-state index contributed by atoms with van der Waals surface area (Å²) in [4.78, 5) is 0. The maximum absolute atomic E-state index is 5.81. The van der Waals surface area contributed by atoms with Crippen molar-refractivity contribution in [1.82, 2.24) is 0 Å². The van der Waals surface area contributed by atoms with Crippen molar-refractivity contribution < 1.29 is 9.47 Å². The van der Waals surface area contributed by atoms with Gasteiger partial charge < -0.3 is 9.47 Å². The zero-order valence-corrected chi connectivity index (χ0v) is 9.47. The average molecular weight is 218 g/mol. The third-order valence-electron chi connectivity index (χ3n) is 2.80. The molecule has 0 saturated carbocycles. The van der Waals surface area contributed by atoms with Gasteiger partial charge in [0, 0.05) is 6.42 Å². The zero-order valence-electron chi connectivity index (χ0n) is 9.47. The summed E-state index contributed by atoms with van der Waals surface area (Å²) in [7, 11) is 0. The highest BCUT2D eigenvalue weighted by molar-refractivity contribution is 5.13. The van der Waals surface area contributed by atoms with Crippen molar-refractivity contribution in [3.63, 3.8) is 0 Å². The first-order chi connectivity index (χ1) is 7.88. The van der Waals surface area contributed by atoms with Gasteiger partial charge in [0.2, 0.25) is 0 Å². The minimum absolute atomic E-state index is 0.241. The molecule has 0 aromatic heterocycles. The molecule has 0 unspecified atom stereocenters. The lowest BCUT2D eigenvalue weighted by Crippen LogP contribution is -2.12. The van der Waals surface area contributed by atoms with E-state index in [0.717, 1.165) is 12.8 Å². The molecule has 1 aromatic rings. The normalized spacial score (nSPS) is 24.5. The van der Waals surface area contributed by atoms with E-state index in [1.54, 1.807) is 0 Å². The average Bonchev–Trinajstić information content (AvgIpc) is 2.76. The van der Waals surface area contributed by atoms with Gasteiger partial charge in [-0.2, -0.15) is 0 Å². The maximum atomic E-state index is 5.81. The lowest BCUT2D eigenvalue weighted by molar-refractivity contribution is 0.0278. The summed E-state index contributed by atoms with van der Waals surface area (Å²) in [6, 6.07) is 10.2. The molecule has 0 N–H and O–H groups in total.